The van der Waals surface area contributed by atoms with Crippen LogP contribution in [-0.4, -0.2) is 34.6 Å². The maximum Gasteiger partial charge on any atom is 0.281 e. The van der Waals surface area contributed by atoms with Crippen molar-refractivity contribution < 1.29 is 13.0 Å². The Morgan fingerprint density at radius 1 is 1.16 bits per heavy atom. The summed E-state index contributed by atoms with van der Waals surface area (Å²) in [5.41, 5.74) is -0.909. The topological polar surface area (TPSA) is 82.2 Å². The minimum absolute atomic E-state index is 0.00977. The molecule has 25 heavy (non-hydrogen) atoms. The normalized spacial score (nSPS) is 12.8. The first-order valence-corrected chi connectivity index (χ1v) is 8.58. The lowest BCUT2D eigenvalue weighted by atomic mass is 10.2. The fourth-order valence-corrected chi connectivity index (χ4v) is 2.99. The second kappa shape index (κ2) is 5.52. The zero-order chi connectivity index (χ0) is 17.7. The van der Waals surface area contributed by atoms with E-state index in [1.54, 1.807) is 0 Å². The van der Waals surface area contributed by atoms with E-state index in [0.29, 0.717) is 0 Å². The van der Waals surface area contributed by atoms with Crippen LogP contribution in [0, 0.1) is 11.6 Å². The number of fused-ring (bicyclic) bond motifs is 3. The number of para-hydroxylation sites is 1. The van der Waals surface area contributed by atoms with Crippen LogP contribution in [0.2, 0.25) is 0 Å². The average Bonchev–Trinajstić information content (AvgIpc) is 3.06. The molecule has 0 saturated heterocycles. The van der Waals surface area contributed by atoms with Gasteiger partial charge in [0, 0.05) is 24.8 Å². The zero-order valence-electron chi connectivity index (χ0n) is 12.7. The van der Waals surface area contributed by atoms with Gasteiger partial charge in [-0.15, -0.1) is 0 Å². The summed E-state index contributed by atoms with van der Waals surface area (Å²) in [6.45, 7) is 0. The van der Waals surface area contributed by atoms with Crippen LogP contribution in [0.4, 0.5) is 8.78 Å². The monoisotopic (exact) mass is 361 g/mol. The number of imidazole rings is 1. The van der Waals surface area contributed by atoms with Crippen LogP contribution in [-0.2, 0) is 10.8 Å². The van der Waals surface area contributed by atoms with Crippen molar-refractivity contribution >= 4 is 27.3 Å². The fraction of sp³-hybridized carbons (Fsp3) is 0.0667. The Labute approximate surface area is 141 Å². The largest absolute Gasteiger partial charge is 0.281 e. The molecule has 0 spiro atoms. The Hall–Kier alpha value is -3.01. The number of rotatable bonds is 2. The molecule has 3 aromatic heterocycles. The summed E-state index contributed by atoms with van der Waals surface area (Å²) in [5.74, 6) is -1.80. The van der Waals surface area contributed by atoms with Gasteiger partial charge in [-0.2, -0.15) is 0 Å². The minimum Gasteiger partial charge on any atom is -0.267 e. The molecule has 1 atom stereocenters. The predicted octanol–water partition coefficient (Wildman–Crippen LogP) is 1.44. The highest BCUT2D eigenvalue weighted by Crippen LogP contribution is 2.20. The first-order chi connectivity index (χ1) is 12.0. The summed E-state index contributed by atoms with van der Waals surface area (Å²) in [4.78, 5) is 25.0. The molecule has 0 aliphatic carbocycles. The second-order valence-corrected chi connectivity index (χ2v) is 6.43. The predicted molar refractivity (Wildman–Crippen MR) is 86.1 cm³/mol. The standard InChI is InChI=1S/C15H9F2N5O2S/c1-25(24)15-19-7-8-11(20-15)13-18-5-6-21(13)22(14(8)23)12-9(16)3-2-4-10(12)17/h2-7H,1H3. The van der Waals surface area contributed by atoms with Crippen LogP contribution in [0.1, 0.15) is 0 Å². The number of aromatic nitrogens is 5. The van der Waals surface area contributed by atoms with E-state index in [1.807, 2.05) is 0 Å². The van der Waals surface area contributed by atoms with E-state index in [0.717, 1.165) is 16.8 Å². The van der Waals surface area contributed by atoms with E-state index >= 15 is 0 Å². The molecular weight excluding hydrogens is 352 g/mol. The van der Waals surface area contributed by atoms with Crippen LogP contribution >= 0.6 is 0 Å². The summed E-state index contributed by atoms with van der Waals surface area (Å²) in [7, 11) is -1.46. The third-order valence-corrected chi connectivity index (χ3v) is 4.36. The lowest BCUT2D eigenvalue weighted by molar-refractivity contribution is 0.548. The van der Waals surface area contributed by atoms with Gasteiger partial charge in [0.1, 0.15) is 11.2 Å². The van der Waals surface area contributed by atoms with Gasteiger partial charge >= 0.3 is 0 Å². The van der Waals surface area contributed by atoms with Crippen molar-refractivity contribution in [3.8, 4) is 5.69 Å². The molecule has 1 aromatic carbocycles. The molecule has 0 radical (unpaired) electrons. The van der Waals surface area contributed by atoms with Gasteiger partial charge < -0.3 is 0 Å². The molecule has 4 rings (SSSR count). The van der Waals surface area contributed by atoms with Crippen LogP contribution in [0.15, 0.2) is 46.7 Å². The van der Waals surface area contributed by atoms with Crippen molar-refractivity contribution in [1.82, 2.24) is 24.1 Å². The highest BCUT2D eigenvalue weighted by atomic mass is 32.2. The van der Waals surface area contributed by atoms with Gasteiger partial charge in [0.25, 0.3) is 5.56 Å². The fourth-order valence-electron chi connectivity index (χ4n) is 2.57. The first kappa shape index (κ1) is 15.5. The van der Waals surface area contributed by atoms with Crippen LogP contribution in [0.3, 0.4) is 0 Å². The van der Waals surface area contributed by atoms with Gasteiger partial charge in [0.15, 0.2) is 17.3 Å². The van der Waals surface area contributed by atoms with Crippen molar-refractivity contribution in [1.29, 1.82) is 0 Å². The molecule has 0 aliphatic rings. The maximum absolute atomic E-state index is 14.2. The third kappa shape index (κ3) is 2.25. The second-order valence-electron chi connectivity index (χ2n) is 5.15. The summed E-state index contributed by atoms with van der Waals surface area (Å²) in [5, 5.41) is 0.0437. The summed E-state index contributed by atoms with van der Waals surface area (Å²) >= 11 is 0. The first-order valence-electron chi connectivity index (χ1n) is 7.02. The van der Waals surface area contributed by atoms with Crippen molar-refractivity contribution in [2.75, 3.05) is 6.26 Å². The number of nitrogens with zero attached hydrogens (tertiary/aromatic N) is 5. The molecule has 0 bridgehead atoms. The molecule has 0 amide bonds. The molecule has 7 nitrogen and oxygen atoms in total. The number of hydrogen-bond acceptors (Lipinski definition) is 5. The average molecular weight is 361 g/mol. The van der Waals surface area contributed by atoms with Crippen LogP contribution < -0.4 is 5.56 Å². The Morgan fingerprint density at radius 3 is 2.56 bits per heavy atom. The van der Waals surface area contributed by atoms with E-state index in [2.05, 4.69) is 15.0 Å². The number of halogens is 2. The Balaban J connectivity index is 2.22. The quantitative estimate of drug-likeness (QED) is 0.505. The van der Waals surface area contributed by atoms with Crippen molar-refractivity contribution in [2.24, 2.45) is 0 Å². The van der Waals surface area contributed by atoms with Gasteiger partial charge in [-0.05, 0) is 12.1 Å². The van der Waals surface area contributed by atoms with E-state index in [-0.39, 0.29) is 21.7 Å². The third-order valence-electron chi connectivity index (χ3n) is 3.64. The van der Waals surface area contributed by atoms with Crippen molar-refractivity contribution in [2.45, 2.75) is 5.16 Å². The lowest BCUT2D eigenvalue weighted by Gasteiger charge is -2.12. The number of hydrogen-bond donors (Lipinski definition) is 0. The molecule has 3 heterocycles. The van der Waals surface area contributed by atoms with Gasteiger partial charge in [-0.1, -0.05) is 6.07 Å². The zero-order valence-corrected chi connectivity index (χ0v) is 13.5. The SMILES string of the molecule is CS(=O)c1ncc2c(=O)n(-c3c(F)cccc3F)n3ccnc3c2n1. The van der Waals surface area contributed by atoms with Gasteiger partial charge in [0.05, 0.1) is 16.2 Å². The molecule has 0 N–H and O–H groups in total. The molecule has 10 heteroatoms. The maximum atomic E-state index is 14.2. The van der Waals surface area contributed by atoms with Crippen LogP contribution in [0.25, 0.3) is 22.2 Å². The Bertz CT molecular complexity index is 1210. The Morgan fingerprint density at radius 2 is 1.88 bits per heavy atom. The van der Waals surface area contributed by atoms with E-state index in [1.165, 1.54) is 35.4 Å². The van der Waals surface area contributed by atoms with Crippen molar-refractivity contribution in [3.63, 3.8) is 0 Å². The molecule has 4 aromatic rings. The summed E-state index contributed by atoms with van der Waals surface area (Å²) in [6, 6.07) is 3.31. The lowest BCUT2D eigenvalue weighted by Crippen LogP contribution is -2.27. The van der Waals surface area contributed by atoms with Crippen LogP contribution in [0.5, 0.6) is 0 Å². The smallest absolute Gasteiger partial charge is 0.267 e. The molecule has 0 aliphatic heterocycles. The molecule has 0 fully saturated rings. The van der Waals surface area contributed by atoms with E-state index in [4.69, 9.17) is 0 Å². The molecular formula is C15H9F2N5O2S. The highest BCUT2D eigenvalue weighted by molar-refractivity contribution is 7.84. The van der Waals surface area contributed by atoms with E-state index < -0.39 is 33.7 Å². The highest BCUT2D eigenvalue weighted by Gasteiger charge is 2.20. The van der Waals surface area contributed by atoms with Gasteiger partial charge in [0.2, 0.25) is 5.16 Å². The molecule has 1 unspecified atom stereocenters. The summed E-state index contributed by atoms with van der Waals surface area (Å²) < 4.78 is 42.1. The van der Waals surface area contributed by atoms with Crippen molar-refractivity contribution in [3.05, 3.63) is 58.8 Å². The molecule has 0 saturated carbocycles. The minimum atomic E-state index is -1.46. The van der Waals surface area contributed by atoms with Gasteiger partial charge in [-0.3, -0.25) is 9.00 Å². The van der Waals surface area contributed by atoms with Gasteiger partial charge in [-0.25, -0.2) is 32.9 Å². The van der Waals surface area contributed by atoms with E-state index in [9.17, 15) is 17.8 Å². The summed E-state index contributed by atoms with van der Waals surface area (Å²) in [6.07, 6.45) is 5.34. The number of benzene rings is 1. The molecule has 126 valence electrons. The Kier molecular flexibility index (Phi) is 3.42.